The number of rotatable bonds is 13. The summed E-state index contributed by atoms with van der Waals surface area (Å²) >= 11 is 0. The lowest BCUT2D eigenvalue weighted by Crippen LogP contribution is -2.32. The van der Waals surface area contributed by atoms with Crippen LogP contribution in [0.2, 0.25) is 0 Å². The van der Waals surface area contributed by atoms with Crippen LogP contribution in [0.1, 0.15) is 54.8 Å². The number of Topliss-reactive ketones (excluding diaryl/α,β-unsaturated/α-hetero) is 1. The Morgan fingerprint density at radius 1 is 1.03 bits per heavy atom. The van der Waals surface area contributed by atoms with Gasteiger partial charge in [-0.15, -0.1) is 0 Å². The Balaban J connectivity index is 1.71. The first-order valence-electron chi connectivity index (χ1n) is 12.6. The second-order valence-corrected chi connectivity index (χ2v) is 8.95. The number of para-hydroxylation sites is 1. The van der Waals surface area contributed by atoms with Crippen molar-refractivity contribution in [3.8, 4) is 11.5 Å². The fourth-order valence-electron chi connectivity index (χ4n) is 4.58. The van der Waals surface area contributed by atoms with Crippen molar-refractivity contribution in [3.05, 3.63) is 71.2 Å². The maximum atomic E-state index is 13.7. The van der Waals surface area contributed by atoms with E-state index in [4.69, 9.17) is 18.6 Å². The van der Waals surface area contributed by atoms with E-state index < -0.39 is 23.5 Å². The standard InChI is InChI=1S/C29H33NO7/c1-4-5-8-16-36-22-13-12-20(18-23(22)35-3)26-25(28(32)29(33)30(26)14-9-15-34-2)27(31)24-17-19-10-6-7-11-21(19)37-24/h6-7,10-13,17-18,26,32H,4-5,8-9,14-16H2,1-3H3. The van der Waals surface area contributed by atoms with Crippen molar-refractivity contribution in [3.63, 3.8) is 0 Å². The van der Waals surface area contributed by atoms with E-state index >= 15 is 0 Å². The summed E-state index contributed by atoms with van der Waals surface area (Å²) in [4.78, 5) is 28.3. The molecule has 1 atom stereocenters. The number of nitrogens with zero attached hydrogens (tertiary/aromatic N) is 1. The largest absolute Gasteiger partial charge is 0.503 e. The van der Waals surface area contributed by atoms with Gasteiger partial charge in [0.05, 0.1) is 25.3 Å². The van der Waals surface area contributed by atoms with Crippen molar-refractivity contribution in [1.29, 1.82) is 0 Å². The van der Waals surface area contributed by atoms with E-state index in [0.29, 0.717) is 42.3 Å². The summed E-state index contributed by atoms with van der Waals surface area (Å²) in [6.07, 6.45) is 3.62. The molecule has 8 nitrogen and oxygen atoms in total. The first kappa shape index (κ1) is 26.3. The molecule has 0 aliphatic carbocycles. The van der Waals surface area contributed by atoms with Crippen LogP contribution in [0.25, 0.3) is 11.0 Å². The van der Waals surface area contributed by atoms with Crippen molar-refractivity contribution < 1.29 is 33.3 Å². The number of carbonyl (C=O) groups excluding carboxylic acids is 2. The van der Waals surface area contributed by atoms with Gasteiger partial charge in [-0.25, -0.2) is 0 Å². The molecule has 1 aliphatic rings. The molecule has 0 bridgehead atoms. The molecule has 8 heteroatoms. The number of methoxy groups -OCH3 is 2. The van der Waals surface area contributed by atoms with Gasteiger partial charge >= 0.3 is 0 Å². The Labute approximate surface area is 216 Å². The maximum absolute atomic E-state index is 13.7. The highest BCUT2D eigenvalue weighted by molar-refractivity contribution is 6.16. The number of ketones is 1. The monoisotopic (exact) mass is 507 g/mol. The third-order valence-electron chi connectivity index (χ3n) is 6.45. The molecule has 1 unspecified atom stereocenters. The molecular weight excluding hydrogens is 474 g/mol. The fraction of sp³-hybridized carbons (Fsp3) is 0.379. The fourth-order valence-corrected chi connectivity index (χ4v) is 4.58. The molecule has 1 aliphatic heterocycles. The van der Waals surface area contributed by atoms with Gasteiger partial charge in [0.1, 0.15) is 5.58 Å². The lowest BCUT2D eigenvalue weighted by Gasteiger charge is -2.27. The smallest absolute Gasteiger partial charge is 0.290 e. The lowest BCUT2D eigenvalue weighted by atomic mass is 9.94. The van der Waals surface area contributed by atoms with E-state index in [0.717, 1.165) is 24.6 Å². The van der Waals surface area contributed by atoms with Gasteiger partial charge < -0.3 is 28.6 Å². The van der Waals surface area contributed by atoms with Crippen LogP contribution in [0, 0.1) is 0 Å². The van der Waals surface area contributed by atoms with Crippen LogP contribution in [-0.2, 0) is 9.53 Å². The molecule has 0 spiro atoms. The van der Waals surface area contributed by atoms with Gasteiger partial charge in [-0.3, -0.25) is 9.59 Å². The van der Waals surface area contributed by atoms with Crippen LogP contribution in [-0.4, -0.2) is 55.7 Å². The number of furan rings is 1. The zero-order valence-corrected chi connectivity index (χ0v) is 21.5. The quantitative estimate of drug-likeness (QED) is 0.237. The van der Waals surface area contributed by atoms with E-state index in [1.165, 1.54) is 4.90 Å². The lowest BCUT2D eigenvalue weighted by molar-refractivity contribution is -0.129. The van der Waals surface area contributed by atoms with Gasteiger partial charge in [-0.05, 0) is 42.7 Å². The number of unbranched alkanes of at least 4 members (excludes halogenated alkanes) is 2. The highest BCUT2D eigenvalue weighted by Crippen LogP contribution is 2.42. The van der Waals surface area contributed by atoms with Gasteiger partial charge in [0.15, 0.2) is 23.0 Å². The summed E-state index contributed by atoms with van der Waals surface area (Å²) in [5.74, 6) is -0.607. The maximum Gasteiger partial charge on any atom is 0.290 e. The highest BCUT2D eigenvalue weighted by Gasteiger charge is 2.44. The Morgan fingerprint density at radius 2 is 1.84 bits per heavy atom. The van der Waals surface area contributed by atoms with Crippen LogP contribution >= 0.6 is 0 Å². The van der Waals surface area contributed by atoms with E-state index in [9.17, 15) is 14.7 Å². The minimum absolute atomic E-state index is 0.0276. The SMILES string of the molecule is CCCCCOc1ccc(C2C(C(=O)c3cc4ccccc4o3)=C(O)C(=O)N2CCCOC)cc1OC. The van der Waals surface area contributed by atoms with Gasteiger partial charge in [0.25, 0.3) is 5.91 Å². The summed E-state index contributed by atoms with van der Waals surface area (Å²) in [6, 6.07) is 13.4. The molecule has 1 N–H and O–H groups in total. The first-order valence-corrected chi connectivity index (χ1v) is 12.6. The number of carbonyl (C=O) groups is 2. The average Bonchev–Trinajstić information content (AvgIpc) is 3.46. The van der Waals surface area contributed by atoms with E-state index in [-0.39, 0.29) is 17.9 Å². The normalized spacial score (nSPS) is 15.6. The number of hydrogen-bond donors (Lipinski definition) is 1. The third-order valence-corrected chi connectivity index (χ3v) is 6.45. The van der Waals surface area contributed by atoms with E-state index in [2.05, 4.69) is 6.92 Å². The van der Waals surface area contributed by atoms with E-state index in [1.54, 1.807) is 44.6 Å². The first-order chi connectivity index (χ1) is 18.0. The molecule has 1 aromatic heterocycles. The molecule has 37 heavy (non-hydrogen) atoms. The van der Waals surface area contributed by atoms with Crippen LogP contribution in [0.15, 0.2) is 64.3 Å². The number of ether oxygens (including phenoxy) is 3. The summed E-state index contributed by atoms with van der Waals surface area (Å²) in [7, 11) is 3.13. The summed E-state index contributed by atoms with van der Waals surface area (Å²) in [5, 5.41) is 11.7. The number of aliphatic hydroxyl groups is 1. The number of hydrogen-bond acceptors (Lipinski definition) is 7. The number of aliphatic hydroxyl groups excluding tert-OH is 1. The zero-order chi connectivity index (χ0) is 26.4. The molecule has 3 aromatic rings. The van der Waals surface area contributed by atoms with Gasteiger partial charge in [0.2, 0.25) is 5.78 Å². The Hall–Kier alpha value is -3.78. The minimum atomic E-state index is -0.826. The molecule has 0 radical (unpaired) electrons. The van der Waals surface area contributed by atoms with Crippen molar-refractivity contribution >= 4 is 22.7 Å². The third kappa shape index (κ3) is 5.49. The average molecular weight is 508 g/mol. The molecule has 0 saturated carbocycles. The Kier molecular flexibility index (Phi) is 8.50. The Bertz CT molecular complexity index is 1260. The van der Waals surface area contributed by atoms with Gasteiger partial charge in [-0.1, -0.05) is 44.0 Å². The molecular formula is C29H33NO7. The minimum Gasteiger partial charge on any atom is -0.503 e. The van der Waals surface area contributed by atoms with Crippen LogP contribution < -0.4 is 9.47 Å². The predicted molar refractivity (Wildman–Crippen MR) is 139 cm³/mol. The molecule has 2 aromatic carbocycles. The second-order valence-electron chi connectivity index (χ2n) is 8.95. The molecule has 1 amide bonds. The topological polar surface area (TPSA) is 98.4 Å². The molecule has 2 heterocycles. The van der Waals surface area contributed by atoms with E-state index in [1.807, 2.05) is 18.2 Å². The van der Waals surface area contributed by atoms with Crippen LogP contribution in [0.4, 0.5) is 0 Å². The molecule has 0 fully saturated rings. The summed E-state index contributed by atoms with van der Waals surface area (Å²) in [5.41, 5.74) is 1.14. The van der Waals surface area contributed by atoms with Gasteiger partial charge in [0, 0.05) is 25.6 Å². The van der Waals surface area contributed by atoms with Crippen molar-refractivity contribution in [1.82, 2.24) is 4.90 Å². The molecule has 4 rings (SSSR count). The number of fused-ring (bicyclic) bond motifs is 1. The molecule has 196 valence electrons. The van der Waals surface area contributed by atoms with Crippen molar-refractivity contribution in [2.24, 2.45) is 0 Å². The summed E-state index contributed by atoms with van der Waals surface area (Å²) < 4.78 is 22.4. The number of amides is 1. The number of benzene rings is 2. The Morgan fingerprint density at radius 3 is 2.57 bits per heavy atom. The van der Waals surface area contributed by atoms with Crippen LogP contribution in [0.3, 0.4) is 0 Å². The van der Waals surface area contributed by atoms with Crippen molar-refractivity contribution in [2.75, 3.05) is 34.0 Å². The second kappa shape index (κ2) is 12.0. The van der Waals surface area contributed by atoms with Gasteiger partial charge in [-0.2, -0.15) is 0 Å². The predicted octanol–water partition coefficient (Wildman–Crippen LogP) is 5.63. The zero-order valence-electron chi connectivity index (χ0n) is 21.5. The van der Waals surface area contributed by atoms with Crippen LogP contribution in [0.5, 0.6) is 11.5 Å². The summed E-state index contributed by atoms with van der Waals surface area (Å²) in [6.45, 7) is 3.41. The van der Waals surface area contributed by atoms with Crippen molar-refractivity contribution in [2.45, 2.75) is 38.6 Å². The highest BCUT2D eigenvalue weighted by atomic mass is 16.5. The molecule has 0 saturated heterocycles.